The van der Waals surface area contributed by atoms with Gasteiger partial charge < -0.3 is 15.0 Å². The van der Waals surface area contributed by atoms with Gasteiger partial charge in [0.1, 0.15) is 10.8 Å². The lowest BCUT2D eigenvalue weighted by molar-refractivity contribution is -0.115. The number of carbonyl (C=O) groups excluding carboxylic acids is 2. The van der Waals surface area contributed by atoms with E-state index in [-0.39, 0.29) is 18.2 Å². The van der Waals surface area contributed by atoms with Crippen molar-refractivity contribution in [2.45, 2.75) is 23.3 Å². The van der Waals surface area contributed by atoms with Crippen molar-refractivity contribution in [1.82, 2.24) is 4.98 Å². The van der Waals surface area contributed by atoms with E-state index < -0.39 is 0 Å². The van der Waals surface area contributed by atoms with Gasteiger partial charge in [0, 0.05) is 23.8 Å². The van der Waals surface area contributed by atoms with Crippen LogP contribution in [0.15, 0.2) is 70.7 Å². The molecule has 1 N–H and O–H groups in total. The number of hydrogen-bond donors (Lipinski definition) is 1. The first-order chi connectivity index (χ1) is 14.5. The van der Waals surface area contributed by atoms with Crippen molar-refractivity contribution in [1.29, 1.82) is 0 Å². The minimum atomic E-state index is -0.110. The molecule has 1 aliphatic rings. The van der Waals surface area contributed by atoms with Gasteiger partial charge in [-0.15, -0.1) is 0 Å². The van der Waals surface area contributed by atoms with Gasteiger partial charge >= 0.3 is 0 Å². The summed E-state index contributed by atoms with van der Waals surface area (Å²) in [6.45, 7) is 2.54. The van der Waals surface area contributed by atoms with Crippen LogP contribution in [0, 0.1) is 0 Å². The zero-order valence-corrected chi connectivity index (χ0v) is 17.5. The van der Waals surface area contributed by atoms with Crippen molar-refractivity contribution in [3.8, 4) is 5.75 Å². The molecule has 0 radical (unpaired) electrons. The van der Waals surface area contributed by atoms with Crippen molar-refractivity contribution in [3.63, 3.8) is 0 Å². The average Bonchev–Trinajstić information content (AvgIpc) is 2.84. The average molecular weight is 420 g/mol. The quantitative estimate of drug-likeness (QED) is 0.664. The van der Waals surface area contributed by atoms with Gasteiger partial charge in [-0.3, -0.25) is 9.59 Å². The molecular formula is C23H21N3O3S. The Labute approximate surface area is 179 Å². The van der Waals surface area contributed by atoms with Crippen LogP contribution in [0.5, 0.6) is 5.75 Å². The highest BCUT2D eigenvalue weighted by Crippen LogP contribution is 2.41. The minimum absolute atomic E-state index is 0.100. The minimum Gasteiger partial charge on any atom is -0.494 e. The smallest absolute Gasteiger partial charge is 0.260 e. The summed E-state index contributed by atoms with van der Waals surface area (Å²) in [6, 6.07) is 16.6. The topological polar surface area (TPSA) is 71.5 Å². The second-order valence-electron chi connectivity index (χ2n) is 6.81. The highest BCUT2D eigenvalue weighted by molar-refractivity contribution is 7.99. The Kier molecular flexibility index (Phi) is 5.72. The number of hydrogen-bond acceptors (Lipinski definition) is 5. The van der Waals surface area contributed by atoms with Crippen LogP contribution in [-0.2, 0) is 11.2 Å². The molecule has 7 heteroatoms. The van der Waals surface area contributed by atoms with Crippen LogP contribution < -0.4 is 15.0 Å². The van der Waals surface area contributed by atoms with Gasteiger partial charge in [0.2, 0.25) is 5.91 Å². The molecule has 0 fully saturated rings. The molecule has 30 heavy (non-hydrogen) atoms. The zero-order valence-electron chi connectivity index (χ0n) is 16.7. The van der Waals surface area contributed by atoms with Crippen LogP contribution in [0.2, 0.25) is 0 Å². The summed E-state index contributed by atoms with van der Waals surface area (Å²) in [5, 5.41) is 3.60. The van der Waals surface area contributed by atoms with Crippen LogP contribution in [0.1, 0.15) is 22.8 Å². The summed E-state index contributed by atoms with van der Waals surface area (Å²) >= 11 is 1.42. The fraction of sp³-hybridized carbons (Fsp3) is 0.174. The normalized spacial score (nSPS) is 12.6. The third-order valence-electron chi connectivity index (χ3n) is 4.72. The van der Waals surface area contributed by atoms with Gasteiger partial charge in [0.05, 0.1) is 24.3 Å². The molecule has 6 nitrogen and oxygen atoms in total. The predicted molar refractivity (Wildman–Crippen MR) is 117 cm³/mol. The van der Waals surface area contributed by atoms with Gasteiger partial charge in [-0.2, -0.15) is 0 Å². The number of nitrogens with zero attached hydrogens (tertiary/aromatic N) is 2. The van der Waals surface area contributed by atoms with Gasteiger partial charge in [-0.1, -0.05) is 23.9 Å². The highest BCUT2D eigenvalue weighted by Gasteiger charge is 2.25. The summed E-state index contributed by atoms with van der Waals surface area (Å²) in [4.78, 5) is 32.1. The van der Waals surface area contributed by atoms with E-state index in [1.54, 1.807) is 30.3 Å². The molecule has 3 aromatic rings. The molecule has 2 aromatic carbocycles. The van der Waals surface area contributed by atoms with E-state index in [4.69, 9.17) is 4.74 Å². The summed E-state index contributed by atoms with van der Waals surface area (Å²) in [5.74, 6) is 0.578. The molecule has 2 amide bonds. The van der Waals surface area contributed by atoms with Crippen LogP contribution in [0.4, 0.5) is 11.4 Å². The number of nitrogens with one attached hydrogen (secondary N) is 1. The van der Waals surface area contributed by atoms with Crippen molar-refractivity contribution < 1.29 is 14.3 Å². The van der Waals surface area contributed by atoms with E-state index in [9.17, 15) is 9.59 Å². The number of rotatable bonds is 5. The predicted octanol–water partition coefficient (Wildman–Crippen LogP) is 4.40. The maximum absolute atomic E-state index is 12.7. The van der Waals surface area contributed by atoms with Crippen LogP contribution in [0.25, 0.3) is 0 Å². The van der Waals surface area contributed by atoms with Crippen molar-refractivity contribution in [2.75, 3.05) is 23.9 Å². The summed E-state index contributed by atoms with van der Waals surface area (Å²) < 4.78 is 5.43. The number of benzene rings is 2. The summed E-state index contributed by atoms with van der Waals surface area (Å²) in [7, 11) is 1.74. The molecule has 152 valence electrons. The first kappa shape index (κ1) is 20.0. The van der Waals surface area contributed by atoms with E-state index in [1.807, 2.05) is 49.4 Å². The number of amides is 2. The van der Waals surface area contributed by atoms with Gasteiger partial charge in [0.25, 0.3) is 5.91 Å². The van der Waals surface area contributed by atoms with E-state index in [0.717, 1.165) is 21.9 Å². The number of ether oxygens (including phenoxy) is 1. The van der Waals surface area contributed by atoms with E-state index in [2.05, 4.69) is 10.3 Å². The number of aromatic nitrogens is 1. The Balaban J connectivity index is 1.51. The van der Waals surface area contributed by atoms with E-state index in [0.29, 0.717) is 22.9 Å². The second-order valence-corrected chi connectivity index (χ2v) is 7.84. The Hall–Kier alpha value is -3.32. The van der Waals surface area contributed by atoms with Gasteiger partial charge in [0.15, 0.2) is 0 Å². The lowest BCUT2D eigenvalue weighted by Gasteiger charge is -2.18. The number of anilines is 2. The fourth-order valence-electron chi connectivity index (χ4n) is 3.24. The van der Waals surface area contributed by atoms with Crippen LogP contribution >= 0.6 is 11.8 Å². The van der Waals surface area contributed by atoms with Crippen molar-refractivity contribution in [3.05, 3.63) is 71.9 Å². The lowest BCUT2D eigenvalue weighted by Crippen LogP contribution is -2.26. The first-order valence-electron chi connectivity index (χ1n) is 9.61. The Morgan fingerprint density at radius 3 is 2.73 bits per heavy atom. The van der Waals surface area contributed by atoms with E-state index >= 15 is 0 Å². The molecule has 1 aromatic heterocycles. The SMILES string of the molecule is CCOc1ccc(CC(=O)Nc2ccc3c(c2)Sc2ncccc2C(=O)N3C)cc1. The molecule has 0 bridgehead atoms. The maximum atomic E-state index is 12.7. The Bertz CT molecular complexity index is 1100. The number of pyridine rings is 1. The standard InChI is InChI=1S/C23H21N3O3S/c1-3-29-17-9-6-15(7-10-17)13-21(27)25-16-8-11-19-20(14-16)30-22-18(5-4-12-24-22)23(28)26(19)2/h4-12,14H,3,13H2,1-2H3,(H,25,27). The molecule has 0 saturated heterocycles. The third-order valence-corrected chi connectivity index (χ3v) is 5.78. The summed E-state index contributed by atoms with van der Waals surface area (Å²) in [5.41, 5.74) is 2.94. The summed E-state index contributed by atoms with van der Waals surface area (Å²) in [6.07, 6.45) is 1.94. The van der Waals surface area contributed by atoms with Gasteiger partial charge in [-0.05, 0) is 55.0 Å². The van der Waals surface area contributed by atoms with E-state index in [1.165, 1.54) is 11.8 Å². The Morgan fingerprint density at radius 2 is 1.97 bits per heavy atom. The van der Waals surface area contributed by atoms with Gasteiger partial charge in [-0.25, -0.2) is 4.98 Å². The molecule has 4 rings (SSSR count). The first-order valence-corrected chi connectivity index (χ1v) is 10.4. The molecular weight excluding hydrogens is 398 g/mol. The molecule has 0 atom stereocenters. The zero-order chi connectivity index (χ0) is 21.1. The lowest BCUT2D eigenvalue weighted by atomic mass is 10.1. The number of fused-ring (bicyclic) bond motifs is 2. The molecule has 0 unspecified atom stereocenters. The third kappa shape index (κ3) is 4.16. The molecule has 0 saturated carbocycles. The van der Waals surface area contributed by atoms with Crippen molar-refractivity contribution in [2.24, 2.45) is 0 Å². The van der Waals surface area contributed by atoms with Crippen LogP contribution in [0.3, 0.4) is 0 Å². The molecule has 0 aliphatic carbocycles. The second kappa shape index (κ2) is 8.59. The fourth-order valence-corrected chi connectivity index (χ4v) is 4.32. The monoisotopic (exact) mass is 419 g/mol. The van der Waals surface area contributed by atoms with Crippen molar-refractivity contribution >= 4 is 35.0 Å². The molecule has 2 heterocycles. The largest absolute Gasteiger partial charge is 0.494 e. The molecule has 0 spiro atoms. The van der Waals surface area contributed by atoms with Crippen LogP contribution in [-0.4, -0.2) is 30.5 Å². The maximum Gasteiger partial charge on any atom is 0.260 e. The molecule has 1 aliphatic heterocycles. The highest BCUT2D eigenvalue weighted by atomic mass is 32.2. The Morgan fingerprint density at radius 1 is 1.17 bits per heavy atom. The number of carbonyl (C=O) groups is 2.